The minimum atomic E-state index is -0.373. The van der Waals surface area contributed by atoms with Gasteiger partial charge in [-0.1, -0.05) is 12.6 Å². The molecule has 2 aromatic carbocycles. The molecule has 2 heterocycles. The minimum absolute atomic E-state index is 0.352. The molecule has 9 nitrogen and oxygen atoms in total. The first-order valence-corrected chi connectivity index (χ1v) is 11.2. The molecule has 186 valence electrons. The number of anilines is 3. The molecule has 0 bridgehead atoms. The van der Waals surface area contributed by atoms with Crippen molar-refractivity contribution in [3.63, 3.8) is 0 Å². The zero-order valence-electron chi connectivity index (χ0n) is 20.3. The number of rotatable bonds is 10. The summed E-state index contributed by atoms with van der Waals surface area (Å²) >= 11 is 0. The van der Waals surface area contributed by atoms with Crippen molar-refractivity contribution < 1.29 is 18.7 Å². The molecular formula is C26H27FN6O3. The molecule has 10 heteroatoms. The fraction of sp³-hybridized carbons (Fsp3) is 0.192. The van der Waals surface area contributed by atoms with Crippen molar-refractivity contribution in [2.24, 2.45) is 0 Å². The van der Waals surface area contributed by atoms with Crippen molar-refractivity contribution in [3.8, 4) is 17.2 Å². The Morgan fingerprint density at radius 2 is 2.00 bits per heavy atom. The van der Waals surface area contributed by atoms with Gasteiger partial charge in [-0.2, -0.15) is 5.10 Å². The summed E-state index contributed by atoms with van der Waals surface area (Å²) in [6.07, 6.45) is 4.52. The molecule has 0 atom stereocenters. The fourth-order valence-corrected chi connectivity index (χ4v) is 3.51. The SMILES string of the molecule is C=CC(=O)Nc1cc(Nc2cc3c(cn2)cnn3-c2cccc(F)c2)c(OC)cc1OCCN(C)C. The number of methoxy groups -OCH3 is 1. The van der Waals surface area contributed by atoms with Crippen LogP contribution in [0, 0.1) is 5.82 Å². The topological polar surface area (TPSA) is 93.5 Å². The average Bonchev–Trinajstić information content (AvgIpc) is 3.28. The van der Waals surface area contributed by atoms with Gasteiger partial charge in [0.15, 0.2) is 0 Å². The van der Waals surface area contributed by atoms with E-state index in [9.17, 15) is 9.18 Å². The summed E-state index contributed by atoms with van der Waals surface area (Å²) in [5.41, 5.74) is 2.34. The molecule has 0 aliphatic heterocycles. The third-order valence-corrected chi connectivity index (χ3v) is 5.31. The van der Waals surface area contributed by atoms with Gasteiger partial charge in [-0.15, -0.1) is 0 Å². The van der Waals surface area contributed by atoms with Gasteiger partial charge in [0, 0.05) is 30.3 Å². The van der Waals surface area contributed by atoms with E-state index in [0.717, 1.165) is 10.9 Å². The number of fused-ring (bicyclic) bond motifs is 1. The summed E-state index contributed by atoms with van der Waals surface area (Å²) in [4.78, 5) is 18.5. The largest absolute Gasteiger partial charge is 0.494 e. The summed E-state index contributed by atoms with van der Waals surface area (Å²) in [7, 11) is 5.44. The molecular weight excluding hydrogens is 463 g/mol. The molecule has 0 aliphatic rings. The minimum Gasteiger partial charge on any atom is -0.494 e. The molecule has 4 rings (SSSR count). The standard InChI is InChI=1S/C26H27FN6O3/c1-5-26(34)31-21-12-20(23(35-4)14-24(21)36-10-9-32(2)3)30-25-13-22-17(15-28-25)16-29-33(22)19-8-6-7-18(27)11-19/h5-8,11-16H,1,9-10H2,2-4H3,(H,28,30)(H,31,34). The van der Waals surface area contributed by atoms with Gasteiger partial charge in [0.25, 0.3) is 0 Å². The molecule has 0 fully saturated rings. The van der Waals surface area contributed by atoms with Crippen LogP contribution in [0.3, 0.4) is 0 Å². The van der Waals surface area contributed by atoms with Crippen molar-refractivity contribution in [2.45, 2.75) is 0 Å². The number of nitrogens with zero attached hydrogens (tertiary/aromatic N) is 4. The number of hydrogen-bond acceptors (Lipinski definition) is 7. The van der Waals surface area contributed by atoms with E-state index in [1.54, 1.807) is 54.5 Å². The maximum Gasteiger partial charge on any atom is 0.247 e. The zero-order chi connectivity index (χ0) is 25.7. The van der Waals surface area contributed by atoms with E-state index in [1.807, 2.05) is 19.0 Å². The predicted octanol–water partition coefficient (Wildman–Crippen LogP) is 4.38. The second-order valence-electron chi connectivity index (χ2n) is 8.18. The molecule has 36 heavy (non-hydrogen) atoms. The first-order valence-electron chi connectivity index (χ1n) is 11.2. The Kier molecular flexibility index (Phi) is 7.45. The van der Waals surface area contributed by atoms with Gasteiger partial charge in [-0.05, 0) is 44.4 Å². The second kappa shape index (κ2) is 10.9. The van der Waals surface area contributed by atoms with Gasteiger partial charge in [0.05, 0.1) is 35.9 Å². The van der Waals surface area contributed by atoms with Crippen LogP contribution >= 0.6 is 0 Å². The quantitative estimate of drug-likeness (QED) is 0.319. The number of pyridine rings is 1. The summed E-state index contributed by atoms with van der Waals surface area (Å²) in [6.45, 7) is 4.63. The van der Waals surface area contributed by atoms with Crippen molar-refractivity contribution in [3.05, 3.63) is 73.3 Å². The Hall–Kier alpha value is -4.44. The highest BCUT2D eigenvalue weighted by Gasteiger charge is 2.15. The number of benzene rings is 2. The first-order chi connectivity index (χ1) is 17.4. The lowest BCUT2D eigenvalue weighted by Gasteiger charge is -2.18. The number of ether oxygens (including phenoxy) is 2. The van der Waals surface area contributed by atoms with Crippen LogP contribution in [0.1, 0.15) is 0 Å². The van der Waals surface area contributed by atoms with E-state index < -0.39 is 0 Å². The lowest BCUT2D eigenvalue weighted by molar-refractivity contribution is -0.111. The molecule has 0 spiro atoms. The van der Waals surface area contributed by atoms with E-state index >= 15 is 0 Å². The Balaban J connectivity index is 1.69. The molecule has 0 unspecified atom stereocenters. The van der Waals surface area contributed by atoms with E-state index in [4.69, 9.17) is 9.47 Å². The Morgan fingerprint density at radius 1 is 1.17 bits per heavy atom. The molecule has 0 saturated carbocycles. The van der Waals surface area contributed by atoms with Crippen LogP contribution in [0.25, 0.3) is 16.6 Å². The van der Waals surface area contributed by atoms with E-state index in [0.29, 0.717) is 47.5 Å². The van der Waals surface area contributed by atoms with Gasteiger partial charge >= 0.3 is 0 Å². The average molecular weight is 491 g/mol. The van der Waals surface area contributed by atoms with Gasteiger partial charge in [-0.25, -0.2) is 14.1 Å². The van der Waals surface area contributed by atoms with Crippen molar-refractivity contribution >= 4 is 34.0 Å². The lowest BCUT2D eigenvalue weighted by atomic mass is 10.2. The van der Waals surface area contributed by atoms with Crippen LogP contribution in [-0.4, -0.2) is 59.9 Å². The van der Waals surface area contributed by atoms with E-state index in [2.05, 4.69) is 27.3 Å². The third kappa shape index (κ3) is 5.61. The number of likely N-dealkylation sites (N-methyl/N-ethyl adjacent to an activating group) is 1. The highest BCUT2D eigenvalue weighted by molar-refractivity contribution is 6.00. The van der Waals surface area contributed by atoms with Crippen molar-refractivity contribution in [1.29, 1.82) is 0 Å². The van der Waals surface area contributed by atoms with Crippen LogP contribution < -0.4 is 20.1 Å². The van der Waals surface area contributed by atoms with Crippen LogP contribution in [-0.2, 0) is 4.79 Å². The van der Waals surface area contributed by atoms with Crippen LogP contribution in [0.4, 0.5) is 21.6 Å². The molecule has 4 aromatic rings. The predicted molar refractivity (Wildman–Crippen MR) is 138 cm³/mol. The summed E-state index contributed by atoms with van der Waals surface area (Å²) in [5.74, 6) is 0.729. The Morgan fingerprint density at radius 3 is 2.72 bits per heavy atom. The number of amides is 1. The van der Waals surface area contributed by atoms with Gasteiger partial charge in [-0.3, -0.25) is 4.79 Å². The number of carbonyl (C=O) groups is 1. The van der Waals surface area contributed by atoms with Gasteiger partial charge in [0.2, 0.25) is 5.91 Å². The van der Waals surface area contributed by atoms with Crippen LogP contribution in [0.15, 0.2) is 67.5 Å². The van der Waals surface area contributed by atoms with Crippen LogP contribution in [0.5, 0.6) is 11.5 Å². The zero-order valence-corrected chi connectivity index (χ0v) is 20.3. The summed E-state index contributed by atoms with van der Waals surface area (Å²) in [6, 6.07) is 11.4. The highest BCUT2D eigenvalue weighted by Crippen LogP contribution is 2.38. The maximum atomic E-state index is 13.8. The maximum absolute atomic E-state index is 13.8. The molecule has 0 aliphatic carbocycles. The highest BCUT2D eigenvalue weighted by atomic mass is 19.1. The summed E-state index contributed by atoms with van der Waals surface area (Å²) < 4.78 is 26.9. The molecule has 0 radical (unpaired) electrons. The Labute approximate surface area is 208 Å². The van der Waals surface area contributed by atoms with Gasteiger partial charge in [0.1, 0.15) is 29.7 Å². The molecule has 1 amide bonds. The van der Waals surface area contributed by atoms with Crippen molar-refractivity contribution in [2.75, 3.05) is 45.0 Å². The van der Waals surface area contributed by atoms with Crippen LogP contribution in [0.2, 0.25) is 0 Å². The monoisotopic (exact) mass is 490 g/mol. The smallest absolute Gasteiger partial charge is 0.247 e. The molecule has 0 saturated heterocycles. The Bertz CT molecular complexity index is 1400. The van der Waals surface area contributed by atoms with E-state index in [1.165, 1.54) is 18.2 Å². The number of halogens is 1. The lowest BCUT2D eigenvalue weighted by Crippen LogP contribution is -2.20. The third-order valence-electron chi connectivity index (χ3n) is 5.31. The number of aromatic nitrogens is 3. The number of nitrogens with one attached hydrogen (secondary N) is 2. The van der Waals surface area contributed by atoms with Crippen molar-refractivity contribution in [1.82, 2.24) is 19.7 Å². The normalized spacial score (nSPS) is 10.9. The van der Waals surface area contributed by atoms with E-state index in [-0.39, 0.29) is 11.7 Å². The van der Waals surface area contributed by atoms with Gasteiger partial charge < -0.3 is 25.0 Å². The first kappa shape index (κ1) is 24.7. The second-order valence-corrected chi connectivity index (χ2v) is 8.18. The fourth-order valence-electron chi connectivity index (χ4n) is 3.51. The molecule has 2 aromatic heterocycles. The number of carbonyl (C=O) groups excluding carboxylic acids is 1. The molecule has 2 N–H and O–H groups in total. The number of hydrogen-bond donors (Lipinski definition) is 2. The summed E-state index contributed by atoms with van der Waals surface area (Å²) in [5, 5.41) is 11.2.